The summed E-state index contributed by atoms with van der Waals surface area (Å²) in [5.41, 5.74) is 0. The summed E-state index contributed by atoms with van der Waals surface area (Å²) in [5, 5.41) is 3.31. The highest BCUT2D eigenvalue weighted by atomic mass is 32.2. The standard InChI is InChI=1S/C11H24N2OS/c1-10(2)12-7-5-6-11(14)13(3)8-9-15-4/h10,12H,5-9H2,1-4H3. The molecule has 0 saturated carbocycles. The van der Waals surface area contributed by atoms with E-state index in [9.17, 15) is 4.79 Å². The van der Waals surface area contributed by atoms with Crippen LogP contribution >= 0.6 is 11.8 Å². The van der Waals surface area contributed by atoms with E-state index in [-0.39, 0.29) is 5.91 Å². The van der Waals surface area contributed by atoms with Crippen molar-refractivity contribution in [2.24, 2.45) is 0 Å². The van der Waals surface area contributed by atoms with Gasteiger partial charge in [-0.1, -0.05) is 13.8 Å². The average molecular weight is 232 g/mol. The molecule has 0 unspecified atom stereocenters. The van der Waals surface area contributed by atoms with Crippen LogP contribution in [0.4, 0.5) is 0 Å². The minimum Gasteiger partial charge on any atom is -0.345 e. The zero-order valence-corrected chi connectivity index (χ0v) is 11.2. The molecule has 90 valence electrons. The van der Waals surface area contributed by atoms with E-state index < -0.39 is 0 Å². The Balaban J connectivity index is 3.47. The van der Waals surface area contributed by atoms with E-state index in [0.29, 0.717) is 12.5 Å². The third kappa shape index (κ3) is 8.75. The van der Waals surface area contributed by atoms with Crippen LogP contribution in [0.15, 0.2) is 0 Å². The Hall–Kier alpha value is -0.220. The molecule has 15 heavy (non-hydrogen) atoms. The fourth-order valence-corrected chi connectivity index (χ4v) is 1.63. The molecule has 0 aromatic heterocycles. The number of rotatable bonds is 8. The second kappa shape index (κ2) is 9.04. The molecule has 0 fully saturated rings. The highest BCUT2D eigenvalue weighted by molar-refractivity contribution is 7.98. The maximum Gasteiger partial charge on any atom is 0.222 e. The first-order chi connectivity index (χ1) is 7.07. The Kier molecular flexibility index (Phi) is 8.91. The molecular formula is C11H24N2OS. The molecule has 0 aliphatic rings. The van der Waals surface area contributed by atoms with Gasteiger partial charge in [0.15, 0.2) is 0 Å². The Morgan fingerprint density at radius 2 is 2.13 bits per heavy atom. The van der Waals surface area contributed by atoms with E-state index in [4.69, 9.17) is 0 Å². The molecule has 0 spiro atoms. The monoisotopic (exact) mass is 232 g/mol. The average Bonchev–Trinajstić information content (AvgIpc) is 2.20. The number of carbonyl (C=O) groups excluding carboxylic acids is 1. The van der Waals surface area contributed by atoms with Gasteiger partial charge in [-0.05, 0) is 19.2 Å². The van der Waals surface area contributed by atoms with Crippen molar-refractivity contribution in [3.8, 4) is 0 Å². The van der Waals surface area contributed by atoms with Gasteiger partial charge in [-0.2, -0.15) is 11.8 Å². The summed E-state index contributed by atoms with van der Waals surface area (Å²) < 4.78 is 0. The molecule has 0 aromatic rings. The van der Waals surface area contributed by atoms with Crippen LogP contribution in [0.5, 0.6) is 0 Å². The summed E-state index contributed by atoms with van der Waals surface area (Å²) in [6.07, 6.45) is 3.65. The number of nitrogens with zero attached hydrogens (tertiary/aromatic N) is 1. The van der Waals surface area contributed by atoms with Crippen LogP contribution in [0.3, 0.4) is 0 Å². The maximum absolute atomic E-state index is 11.6. The molecule has 0 bridgehead atoms. The van der Waals surface area contributed by atoms with Gasteiger partial charge in [0.1, 0.15) is 0 Å². The predicted octanol–water partition coefficient (Wildman–Crippen LogP) is 1.59. The summed E-state index contributed by atoms with van der Waals surface area (Å²) >= 11 is 1.77. The topological polar surface area (TPSA) is 32.3 Å². The summed E-state index contributed by atoms with van der Waals surface area (Å²) in [6.45, 7) is 6.02. The quantitative estimate of drug-likeness (QED) is 0.645. The van der Waals surface area contributed by atoms with Gasteiger partial charge >= 0.3 is 0 Å². The molecule has 0 rings (SSSR count). The second-order valence-corrected chi connectivity index (χ2v) is 5.01. The summed E-state index contributed by atoms with van der Waals surface area (Å²) in [5.74, 6) is 1.28. The molecule has 4 heteroatoms. The highest BCUT2D eigenvalue weighted by Crippen LogP contribution is 1.98. The first-order valence-corrected chi connectivity index (χ1v) is 6.93. The van der Waals surface area contributed by atoms with Crippen LogP contribution in [0.25, 0.3) is 0 Å². The van der Waals surface area contributed by atoms with Crippen LogP contribution in [-0.2, 0) is 4.79 Å². The third-order valence-electron chi connectivity index (χ3n) is 2.18. The van der Waals surface area contributed by atoms with Crippen molar-refractivity contribution >= 4 is 17.7 Å². The van der Waals surface area contributed by atoms with Gasteiger partial charge in [-0.15, -0.1) is 0 Å². The van der Waals surface area contributed by atoms with Crippen LogP contribution < -0.4 is 5.32 Å². The van der Waals surface area contributed by atoms with Crippen LogP contribution in [0.2, 0.25) is 0 Å². The minimum absolute atomic E-state index is 0.259. The second-order valence-electron chi connectivity index (χ2n) is 4.02. The SMILES string of the molecule is CSCCN(C)C(=O)CCCNC(C)C. The predicted molar refractivity (Wildman–Crippen MR) is 68.4 cm³/mol. The van der Waals surface area contributed by atoms with Gasteiger partial charge in [-0.3, -0.25) is 4.79 Å². The van der Waals surface area contributed by atoms with Crippen LogP contribution in [-0.4, -0.2) is 49.0 Å². The van der Waals surface area contributed by atoms with E-state index in [0.717, 1.165) is 25.3 Å². The number of hydrogen-bond acceptors (Lipinski definition) is 3. The van der Waals surface area contributed by atoms with E-state index in [1.807, 2.05) is 11.9 Å². The summed E-state index contributed by atoms with van der Waals surface area (Å²) in [7, 11) is 1.88. The zero-order chi connectivity index (χ0) is 11.7. The Morgan fingerprint density at radius 1 is 1.47 bits per heavy atom. The molecule has 0 aliphatic carbocycles. The fraction of sp³-hybridized carbons (Fsp3) is 0.909. The molecule has 0 aliphatic heterocycles. The summed E-state index contributed by atoms with van der Waals surface area (Å²) in [4.78, 5) is 13.4. The van der Waals surface area contributed by atoms with E-state index >= 15 is 0 Å². The Labute approximate surface area is 98.0 Å². The molecule has 0 heterocycles. The van der Waals surface area contributed by atoms with Gasteiger partial charge < -0.3 is 10.2 Å². The van der Waals surface area contributed by atoms with E-state index in [1.165, 1.54) is 0 Å². The number of amides is 1. The van der Waals surface area contributed by atoms with Gasteiger partial charge in [0.05, 0.1) is 0 Å². The van der Waals surface area contributed by atoms with Crippen molar-refractivity contribution in [2.75, 3.05) is 32.1 Å². The molecule has 1 N–H and O–H groups in total. The van der Waals surface area contributed by atoms with Crippen molar-refractivity contribution in [3.05, 3.63) is 0 Å². The molecule has 0 atom stereocenters. The van der Waals surface area contributed by atoms with Crippen molar-refractivity contribution in [2.45, 2.75) is 32.7 Å². The van der Waals surface area contributed by atoms with Gasteiger partial charge in [-0.25, -0.2) is 0 Å². The lowest BCUT2D eigenvalue weighted by Gasteiger charge is -2.16. The Morgan fingerprint density at radius 3 is 2.67 bits per heavy atom. The smallest absolute Gasteiger partial charge is 0.222 e. The molecule has 0 aromatic carbocycles. The largest absolute Gasteiger partial charge is 0.345 e. The highest BCUT2D eigenvalue weighted by Gasteiger charge is 2.07. The van der Waals surface area contributed by atoms with E-state index in [2.05, 4.69) is 25.4 Å². The molecular weight excluding hydrogens is 208 g/mol. The summed E-state index contributed by atoms with van der Waals surface area (Å²) in [6, 6.07) is 0.509. The maximum atomic E-state index is 11.6. The molecule has 3 nitrogen and oxygen atoms in total. The van der Waals surface area contributed by atoms with Crippen molar-refractivity contribution in [1.29, 1.82) is 0 Å². The normalized spacial score (nSPS) is 10.7. The first kappa shape index (κ1) is 14.8. The van der Waals surface area contributed by atoms with Crippen molar-refractivity contribution < 1.29 is 4.79 Å². The van der Waals surface area contributed by atoms with Crippen LogP contribution in [0, 0.1) is 0 Å². The fourth-order valence-electron chi connectivity index (χ4n) is 1.17. The zero-order valence-electron chi connectivity index (χ0n) is 10.4. The number of hydrogen-bond donors (Lipinski definition) is 1. The van der Waals surface area contributed by atoms with Crippen LogP contribution in [0.1, 0.15) is 26.7 Å². The first-order valence-electron chi connectivity index (χ1n) is 5.54. The molecule has 0 radical (unpaired) electrons. The Bertz CT molecular complexity index is 174. The molecule has 1 amide bonds. The van der Waals surface area contributed by atoms with E-state index in [1.54, 1.807) is 11.8 Å². The number of carbonyl (C=O) groups is 1. The van der Waals surface area contributed by atoms with Crippen molar-refractivity contribution in [3.63, 3.8) is 0 Å². The molecule has 0 saturated heterocycles. The minimum atomic E-state index is 0.259. The number of thioether (sulfide) groups is 1. The van der Waals surface area contributed by atoms with Gasteiger partial charge in [0.25, 0.3) is 0 Å². The van der Waals surface area contributed by atoms with Gasteiger partial charge in [0.2, 0.25) is 5.91 Å². The van der Waals surface area contributed by atoms with Gasteiger partial charge in [0, 0.05) is 31.8 Å². The lowest BCUT2D eigenvalue weighted by Crippen LogP contribution is -2.30. The third-order valence-corrected chi connectivity index (χ3v) is 2.77. The van der Waals surface area contributed by atoms with Crippen molar-refractivity contribution in [1.82, 2.24) is 10.2 Å². The lowest BCUT2D eigenvalue weighted by molar-refractivity contribution is -0.129. The lowest BCUT2D eigenvalue weighted by atomic mass is 10.2. The number of nitrogens with one attached hydrogen (secondary N) is 1.